The first-order valence-electron chi connectivity index (χ1n) is 9.97. The van der Waals surface area contributed by atoms with Crippen LogP contribution in [0.25, 0.3) is 22.9 Å². The topological polar surface area (TPSA) is 79.5 Å². The van der Waals surface area contributed by atoms with Gasteiger partial charge in [0.05, 0.1) is 0 Å². The first-order chi connectivity index (χ1) is 14.4. The maximum absolute atomic E-state index is 13.0. The smallest absolute Gasteiger partial charge is 0.254 e. The molecule has 0 aliphatic carbocycles. The van der Waals surface area contributed by atoms with Gasteiger partial charge in [-0.1, -0.05) is 17.7 Å². The molecule has 0 saturated carbocycles. The van der Waals surface area contributed by atoms with Gasteiger partial charge in [-0.25, -0.2) is 0 Å². The highest BCUT2D eigenvalue weighted by Crippen LogP contribution is 2.26. The van der Waals surface area contributed by atoms with Crippen molar-refractivity contribution in [1.29, 1.82) is 0 Å². The standard InChI is InChI=1S/C23H24N4O3/c1-15-6-4-7-18(14-15)21-25-24-20(30-21)16-9-11-17(12-10-16)22(28)27-13-5-8-19(27)23(29)26(2)3/h4,6-7,9-12,14,19H,5,8,13H2,1-3H3. The second kappa shape index (κ2) is 8.10. The first-order valence-corrected chi connectivity index (χ1v) is 9.97. The van der Waals surface area contributed by atoms with Gasteiger partial charge in [0.1, 0.15) is 6.04 Å². The van der Waals surface area contributed by atoms with E-state index in [0.29, 0.717) is 30.3 Å². The molecule has 3 aromatic rings. The lowest BCUT2D eigenvalue weighted by Gasteiger charge is -2.26. The summed E-state index contributed by atoms with van der Waals surface area (Å²) in [6, 6.07) is 14.5. The number of aryl methyl sites for hydroxylation is 1. The number of likely N-dealkylation sites (N-methyl/N-ethyl adjacent to an activating group) is 1. The van der Waals surface area contributed by atoms with Crippen LogP contribution in [0, 0.1) is 6.92 Å². The van der Waals surface area contributed by atoms with E-state index in [1.807, 2.05) is 31.2 Å². The molecular formula is C23H24N4O3. The molecule has 0 bridgehead atoms. The predicted octanol–water partition coefficient (Wildman–Crippen LogP) is 3.40. The average molecular weight is 404 g/mol. The van der Waals surface area contributed by atoms with Gasteiger partial charge in [0.25, 0.3) is 5.91 Å². The third-order valence-electron chi connectivity index (χ3n) is 5.31. The van der Waals surface area contributed by atoms with Crippen molar-refractivity contribution in [2.45, 2.75) is 25.8 Å². The second-order valence-electron chi connectivity index (χ2n) is 7.75. The van der Waals surface area contributed by atoms with E-state index in [9.17, 15) is 9.59 Å². The zero-order chi connectivity index (χ0) is 21.3. The molecule has 154 valence electrons. The van der Waals surface area contributed by atoms with E-state index < -0.39 is 0 Å². The summed E-state index contributed by atoms with van der Waals surface area (Å²) < 4.78 is 5.82. The van der Waals surface area contributed by atoms with E-state index in [1.54, 1.807) is 48.2 Å². The van der Waals surface area contributed by atoms with Crippen LogP contribution < -0.4 is 0 Å². The van der Waals surface area contributed by atoms with Crippen LogP contribution >= 0.6 is 0 Å². The van der Waals surface area contributed by atoms with Gasteiger partial charge in [-0.05, 0) is 56.2 Å². The Morgan fingerprint density at radius 2 is 1.73 bits per heavy atom. The highest BCUT2D eigenvalue weighted by atomic mass is 16.4. The van der Waals surface area contributed by atoms with Gasteiger partial charge in [-0.2, -0.15) is 0 Å². The van der Waals surface area contributed by atoms with Crippen molar-refractivity contribution in [2.24, 2.45) is 0 Å². The van der Waals surface area contributed by atoms with Gasteiger partial charge in [0.2, 0.25) is 17.7 Å². The molecular weight excluding hydrogens is 380 g/mol. The minimum absolute atomic E-state index is 0.0352. The Morgan fingerprint density at radius 3 is 2.40 bits per heavy atom. The van der Waals surface area contributed by atoms with Gasteiger partial charge in [-0.15, -0.1) is 10.2 Å². The van der Waals surface area contributed by atoms with Gasteiger partial charge >= 0.3 is 0 Å². The van der Waals surface area contributed by atoms with Crippen molar-refractivity contribution < 1.29 is 14.0 Å². The third-order valence-corrected chi connectivity index (χ3v) is 5.31. The van der Waals surface area contributed by atoms with Crippen molar-refractivity contribution in [3.63, 3.8) is 0 Å². The highest BCUT2D eigenvalue weighted by Gasteiger charge is 2.35. The van der Waals surface area contributed by atoms with Crippen LogP contribution in [0.1, 0.15) is 28.8 Å². The molecule has 1 aromatic heterocycles. The maximum atomic E-state index is 13.0. The molecule has 1 unspecified atom stereocenters. The number of carbonyl (C=O) groups excluding carboxylic acids is 2. The number of likely N-dealkylation sites (tertiary alicyclic amines) is 1. The summed E-state index contributed by atoms with van der Waals surface area (Å²) in [6.07, 6.45) is 1.53. The minimum atomic E-state index is -0.389. The molecule has 1 aliphatic rings. The summed E-state index contributed by atoms with van der Waals surface area (Å²) in [5, 5.41) is 8.27. The lowest BCUT2D eigenvalue weighted by atomic mass is 10.1. The summed E-state index contributed by atoms with van der Waals surface area (Å²) in [5.74, 6) is 0.681. The van der Waals surface area contributed by atoms with Crippen LogP contribution in [-0.2, 0) is 4.79 Å². The summed E-state index contributed by atoms with van der Waals surface area (Å²) >= 11 is 0. The van der Waals surface area contributed by atoms with Gasteiger partial charge in [-0.3, -0.25) is 9.59 Å². The normalized spacial score (nSPS) is 16.0. The zero-order valence-electron chi connectivity index (χ0n) is 17.3. The van der Waals surface area contributed by atoms with E-state index in [0.717, 1.165) is 23.1 Å². The number of hydrogen-bond donors (Lipinski definition) is 0. The molecule has 2 aromatic carbocycles. The van der Waals surface area contributed by atoms with Crippen molar-refractivity contribution in [3.05, 3.63) is 59.7 Å². The van der Waals surface area contributed by atoms with Crippen LogP contribution in [-0.4, -0.2) is 58.5 Å². The minimum Gasteiger partial charge on any atom is -0.416 e. The van der Waals surface area contributed by atoms with Crippen molar-refractivity contribution in [1.82, 2.24) is 20.0 Å². The van der Waals surface area contributed by atoms with E-state index in [1.165, 1.54) is 0 Å². The fraction of sp³-hybridized carbons (Fsp3) is 0.304. The molecule has 1 aliphatic heterocycles. The molecule has 0 spiro atoms. The van der Waals surface area contributed by atoms with E-state index >= 15 is 0 Å². The molecule has 2 heterocycles. The van der Waals surface area contributed by atoms with E-state index in [2.05, 4.69) is 10.2 Å². The van der Waals surface area contributed by atoms with Crippen LogP contribution in [0.3, 0.4) is 0 Å². The molecule has 2 amide bonds. The zero-order valence-corrected chi connectivity index (χ0v) is 17.3. The van der Waals surface area contributed by atoms with E-state index in [4.69, 9.17) is 4.42 Å². The number of hydrogen-bond acceptors (Lipinski definition) is 5. The van der Waals surface area contributed by atoms with Gasteiger partial charge in [0, 0.05) is 37.3 Å². The van der Waals surface area contributed by atoms with Crippen molar-refractivity contribution >= 4 is 11.8 Å². The number of nitrogens with zero attached hydrogens (tertiary/aromatic N) is 4. The molecule has 1 atom stereocenters. The molecule has 7 heteroatoms. The number of benzene rings is 2. The van der Waals surface area contributed by atoms with Crippen molar-refractivity contribution in [3.8, 4) is 22.9 Å². The first kappa shape index (κ1) is 19.8. The number of rotatable bonds is 4. The monoisotopic (exact) mass is 404 g/mol. The highest BCUT2D eigenvalue weighted by molar-refractivity contribution is 5.98. The van der Waals surface area contributed by atoms with Gasteiger partial charge < -0.3 is 14.2 Å². The Kier molecular flexibility index (Phi) is 5.35. The van der Waals surface area contributed by atoms with E-state index in [-0.39, 0.29) is 17.9 Å². The Balaban J connectivity index is 1.52. The Bertz CT molecular complexity index is 1070. The molecule has 4 rings (SSSR count). The summed E-state index contributed by atoms with van der Waals surface area (Å²) in [5.41, 5.74) is 3.25. The number of amides is 2. The fourth-order valence-corrected chi connectivity index (χ4v) is 3.72. The molecule has 1 saturated heterocycles. The Morgan fingerprint density at radius 1 is 1.03 bits per heavy atom. The largest absolute Gasteiger partial charge is 0.416 e. The third kappa shape index (κ3) is 3.83. The van der Waals surface area contributed by atoms with Gasteiger partial charge in [0.15, 0.2) is 0 Å². The Labute approximate surface area is 175 Å². The quantitative estimate of drug-likeness (QED) is 0.666. The molecule has 7 nitrogen and oxygen atoms in total. The van der Waals surface area contributed by atoms with Crippen molar-refractivity contribution in [2.75, 3.05) is 20.6 Å². The number of carbonyl (C=O) groups is 2. The van der Waals surface area contributed by atoms with Crippen LogP contribution in [0.15, 0.2) is 52.9 Å². The van der Waals surface area contributed by atoms with Crippen LogP contribution in [0.4, 0.5) is 0 Å². The molecule has 30 heavy (non-hydrogen) atoms. The molecule has 0 radical (unpaired) electrons. The second-order valence-corrected chi connectivity index (χ2v) is 7.75. The molecule has 0 N–H and O–H groups in total. The average Bonchev–Trinajstić information content (AvgIpc) is 3.43. The lowest BCUT2D eigenvalue weighted by molar-refractivity contribution is -0.132. The molecule has 1 fully saturated rings. The van der Waals surface area contributed by atoms with Crippen LogP contribution in [0.5, 0.6) is 0 Å². The predicted molar refractivity (Wildman–Crippen MR) is 113 cm³/mol. The number of aromatic nitrogens is 2. The summed E-state index contributed by atoms with van der Waals surface area (Å²) in [4.78, 5) is 28.5. The van der Waals surface area contributed by atoms with Crippen LogP contribution in [0.2, 0.25) is 0 Å². The Hall–Kier alpha value is -3.48. The summed E-state index contributed by atoms with van der Waals surface area (Å²) in [6.45, 7) is 2.60. The summed E-state index contributed by atoms with van der Waals surface area (Å²) in [7, 11) is 3.43. The maximum Gasteiger partial charge on any atom is 0.254 e. The lowest BCUT2D eigenvalue weighted by Crippen LogP contribution is -2.45. The SMILES string of the molecule is Cc1cccc(-c2nnc(-c3ccc(C(=O)N4CCCC4C(=O)N(C)C)cc3)o2)c1. The fourth-order valence-electron chi connectivity index (χ4n) is 3.72.